The van der Waals surface area contributed by atoms with Crippen molar-refractivity contribution in [2.24, 2.45) is 0 Å². The predicted molar refractivity (Wildman–Crippen MR) is 64.9 cm³/mol. The Bertz CT molecular complexity index is 324. The van der Waals surface area contributed by atoms with Crippen molar-refractivity contribution in [3.05, 3.63) is 23.3 Å². The summed E-state index contributed by atoms with van der Waals surface area (Å²) in [6, 6.07) is 4.07. The summed E-state index contributed by atoms with van der Waals surface area (Å²) >= 11 is 0. The summed E-state index contributed by atoms with van der Waals surface area (Å²) in [6.07, 6.45) is 0. The van der Waals surface area contributed by atoms with Crippen molar-refractivity contribution in [3.63, 3.8) is 0 Å². The first-order chi connectivity index (χ1) is 7.20. The van der Waals surface area contributed by atoms with E-state index in [0.29, 0.717) is 0 Å². The first kappa shape index (κ1) is 11.9. The van der Waals surface area contributed by atoms with Crippen molar-refractivity contribution >= 4 is 5.69 Å². The number of anilines is 1. The molecular weight excluding hydrogens is 188 g/mol. The van der Waals surface area contributed by atoms with Gasteiger partial charge in [-0.15, -0.1) is 0 Å². The minimum Gasteiger partial charge on any atom is -0.496 e. The highest BCUT2D eigenvalue weighted by Crippen LogP contribution is 2.26. The standard InChI is InChI=1S/C12H20N2O/c1-9-10(2)12(15-4)6-5-11(9)14-8-7-13-3/h5-6,13-14H,7-8H2,1-4H3. The summed E-state index contributed by atoms with van der Waals surface area (Å²) < 4.78 is 5.27. The van der Waals surface area contributed by atoms with Crippen LogP contribution < -0.4 is 15.4 Å². The molecule has 0 saturated heterocycles. The van der Waals surface area contributed by atoms with Crippen molar-refractivity contribution < 1.29 is 4.74 Å². The highest BCUT2D eigenvalue weighted by Gasteiger charge is 2.05. The fourth-order valence-electron chi connectivity index (χ4n) is 1.53. The molecule has 15 heavy (non-hydrogen) atoms. The van der Waals surface area contributed by atoms with Crippen molar-refractivity contribution in [3.8, 4) is 5.75 Å². The van der Waals surface area contributed by atoms with Gasteiger partial charge in [-0.2, -0.15) is 0 Å². The van der Waals surface area contributed by atoms with E-state index < -0.39 is 0 Å². The molecule has 0 aliphatic rings. The third-order valence-corrected chi connectivity index (χ3v) is 2.65. The maximum atomic E-state index is 5.27. The van der Waals surface area contributed by atoms with E-state index in [9.17, 15) is 0 Å². The summed E-state index contributed by atoms with van der Waals surface area (Å²) in [5.74, 6) is 0.951. The van der Waals surface area contributed by atoms with E-state index in [4.69, 9.17) is 4.74 Å². The van der Waals surface area contributed by atoms with E-state index in [1.54, 1.807) is 7.11 Å². The highest BCUT2D eigenvalue weighted by atomic mass is 16.5. The maximum absolute atomic E-state index is 5.27. The van der Waals surface area contributed by atoms with Crippen molar-refractivity contribution in [1.82, 2.24) is 5.32 Å². The van der Waals surface area contributed by atoms with Gasteiger partial charge in [0.05, 0.1) is 7.11 Å². The van der Waals surface area contributed by atoms with Gasteiger partial charge in [-0.05, 0) is 44.2 Å². The lowest BCUT2D eigenvalue weighted by Gasteiger charge is -2.14. The molecule has 0 aromatic heterocycles. The van der Waals surface area contributed by atoms with Crippen LogP contribution in [0.1, 0.15) is 11.1 Å². The molecule has 1 aromatic carbocycles. The molecule has 0 aliphatic heterocycles. The molecular formula is C12H20N2O. The van der Waals surface area contributed by atoms with Crippen molar-refractivity contribution in [2.45, 2.75) is 13.8 Å². The Morgan fingerprint density at radius 3 is 2.47 bits per heavy atom. The van der Waals surface area contributed by atoms with Gasteiger partial charge in [0.25, 0.3) is 0 Å². The van der Waals surface area contributed by atoms with Gasteiger partial charge in [-0.1, -0.05) is 0 Å². The van der Waals surface area contributed by atoms with E-state index in [2.05, 4.69) is 30.5 Å². The largest absolute Gasteiger partial charge is 0.496 e. The Morgan fingerprint density at radius 2 is 1.87 bits per heavy atom. The molecule has 3 nitrogen and oxygen atoms in total. The Morgan fingerprint density at radius 1 is 1.13 bits per heavy atom. The lowest BCUT2D eigenvalue weighted by atomic mass is 10.1. The number of benzene rings is 1. The summed E-state index contributed by atoms with van der Waals surface area (Å²) in [7, 11) is 3.66. The zero-order chi connectivity index (χ0) is 11.3. The van der Waals surface area contributed by atoms with Crippen LogP contribution in [0.3, 0.4) is 0 Å². The van der Waals surface area contributed by atoms with E-state index in [-0.39, 0.29) is 0 Å². The molecule has 84 valence electrons. The van der Waals surface area contributed by atoms with E-state index >= 15 is 0 Å². The normalized spacial score (nSPS) is 10.1. The Kier molecular flexibility index (Phi) is 4.43. The van der Waals surface area contributed by atoms with E-state index in [1.807, 2.05) is 13.1 Å². The fourth-order valence-corrected chi connectivity index (χ4v) is 1.53. The molecule has 0 aliphatic carbocycles. The zero-order valence-electron chi connectivity index (χ0n) is 9.98. The number of nitrogens with one attached hydrogen (secondary N) is 2. The van der Waals surface area contributed by atoms with Crippen LogP contribution in [0.4, 0.5) is 5.69 Å². The smallest absolute Gasteiger partial charge is 0.122 e. The van der Waals surface area contributed by atoms with Gasteiger partial charge in [0.1, 0.15) is 5.75 Å². The topological polar surface area (TPSA) is 33.3 Å². The number of likely N-dealkylation sites (N-methyl/N-ethyl adjacent to an activating group) is 1. The van der Waals surface area contributed by atoms with Gasteiger partial charge in [0.15, 0.2) is 0 Å². The molecule has 0 unspecified atom stereocenters. The molecule has 3 heteroatoms. The summed E-state index contributed by atoms with van der Waals surface area (Å²) in [5, 5.41) is 6.50. The Balaban J connectivity index is 2.77. The van der Waals surface area contributed by atoms with Gasteiger partial charge in [-0.3, -0.25) is 0 Å². The first-order valence-corrected chi connectivity index (χ1v) is 5.23. The van der Waals surface area contributed by atoms with Gasteiger partial charge < -0.3 is 15.4 Å². The van der Waals surface area contributed by atoms with Crippen LogP contribution >= 0.6 is 0 Å². The summed E-state index contributed by atoms with van der Waals surface area (Å²) in [4.78, 5) is 0. The third-order valence-electron chi connectivity index (χ3n) is 2.65. The van der Waals surface area contributed by atoms with Crippen molar-refractivity contribution in [1.29, 1.82) is 0 Å². The average molecular weight is 208 g/mol. The average Bonchev–Trinajstić information content (AvgIpc) is 2.25. The molecule has 1 rings (SSSR count). The van der Waals surface area contributed by atoms with Crippen LogP contribution in [-0.2, 0) is 0 Å². The van der Waals surface area contributed by atoms with Crippen LogP contribution in [0.15, 0.2) is 12.1 Å². The lowest BCUT2D eigenvalue weighted by molar-refractivity contribution is 0.411. The molecule has 1 aromatic rings. The molecule has 0 bridgehead atoms. The number of ether oxygens (including phenoxy) is 1. The number of methoxy groups -OCH3 is 1. The number of hydrogen-bond acceptors (Lipinski definition) is 3. The summed E-state index contributed by atoms with van der Waals surface area (Å²) in [6.45, 7) is 6.09. The number of rotatable bonds is 5. The monoisotopic (exact) mass is 208 g/mol. The predicted octanol–water partition coefficient (Wildman–Crippen LogP) is 1.94. The van der Waals surface area contributed by atoms with Crippen LogP contribution in [0.25, 0.3) is 0 Å². The first-order valence-electron chi connectivity index (χ1n) is 5.23. The Labute approximate surface area is 91.8 Å². The molecule has 0 fully saturated rings. The van der Waals surface area contributed by atoms with Gasteiger partial charge in [-0.25, -0.2) is 0 Å². The molecule has 0 spiro atoms. The van der Waals surface area contributed by atoms with Crippen LogP contribution in [0, 0.1) is 13.8 Å². The minimum absolute atomic E-state index is 0.934. The fraction of sp³-hybridized carbons (Fsp3) is 0.500. The molecule has 0 heterocycles. The maximum Gasteiger partial charge on any atom is 0.122 e. The quantitative estimate of drug-likeness (QED) is 0.726. The molecule has 2 N–H and O–H groups in total. The highest BCUT2D eigenvalue weighted by molar-refractivity contribution is 5.58. The third kappa shape index (κ3) is 2.86. The molecule has 0 atom stereocenters. The van der Waals surface area contributed by atoms with Crippen molar-refractivity contribution in [2.75, 3.05) is 32.6 Å². The van der Waals surface area contributed by atoms with Crippen LogP contribution in [0.2, 0.25) is 0 Å². The van der Waals surface area contributed by atoms with Gasteiger partial charge >= 0.3 is 0 Å². The van der Waals surface area contributed by atoms with Gasteiger partial charge in [0.2, 0.25) is 0 Å². The summed E-state index contributed by atoms with van der Waals surface area (Å²) in [5.41, 5.74) is 3.64. The second-order valence-corrected chi connectivity index (χ2v) is 3.60. The number of hydrogen-bond donors (Lipinski definition) is 2. The van der Waals surface area contributed by atoms with E-state index in [1.165, 1.54) is 16.8 Å². The molecule has 0 amide bonds. The lowest BCUT2D eigenvalue weighted by Crippen LogP contribution is -2.18. The zero-order valence-corrected chi connectivity index (χ0v) is 9.98. The Hall–Kier alpha value is -1.22. The molecule has 0 saturated carbocycles. The SMILES string of the molecule is CNCCNc1ccc(OC)c(C)c1C. The van der Waals surface area contributed by atoms with E-state index in [0.717, 1.165) is 18.8 Å². The second kappa shape index (κ2) is 5.61. The minimum atomic E-state index is 0.934. The molecule has 0 radical (unpaired) electrons. The van der Waals surface area contributed by atoms with Crippen LogP contribution in [0.5, 0.6) is 5.75 Å². The van der Waals surface area contributed by atoms with Gasteiger partial charge in [0, 0.05) is 18.8 Å². The second-order valence-electron chi connectivity index (χ2n) is 3.60. The van der Waals surface area contributed by atoms with Crippen LogP contribution in [-0.4, -0.2) is 27.2 Å².